The molecule has 1 aromatic heterocycles. The predicted molar refractivity (Wildman–Crippen MR) is 73.1 cm³/mol. The predicted octanol–water partition coefficient (Wildman–Crippen LogP) is 2.22. The van der Waals surface area contributed by atoms with E-state index in [0.717, 1.165) is 37.6 Å². The van der Waals surface area contributed by atoms with E-state index in [1.165, 1.54) is 11.1 Å². The van der Waals surface area contributed by atoms with E-state index < -0.39 is 0 Å². The van der Waals surface area contributed by atoms with Crippen LogP contribution in [0.25, 0.3) is 0 Å². The molecule has 1 saturated heterocycles. The van der Waals surface area contributed by atoms with Gasteiger partial charge >= 0.3 is 0 Å². The molecule has 0 radical (unpaired) electrons. The van der Waals surface area contributed by atoms with E-state index in [0.29, 0.717) is 0 Å². The number of nitrogens with one attached hydrogen (secondary N) is 1. The molecule has 1 aromatic carbocycles. The first kappa shape index (κ1) is 12.4. The summed E-state index contributed by atoms with van der Waals surface area (Å²) in [6.07, 6.45) is 1.78. The zero-order chi connectivity index (χ0) is 13.3. The molecular formula is C15H19N3O. The second-order valence-electron chi connectivity index (χ2n) is 5.67. The zero-order valence-corrected chi connectivity index (χ0v) is 11.4. The van der Waals surface area contributed by atoms with Crippen molar-refractivity contribution in [1.29, 1.82) is 0 Å². The minimum absolute atomic E-state index is 0.00146. The van der Waals surface area contributed by atoms with Crippen LogP contribution in [0.2, 0.25) is 0 Å². The van der Waals surface area contributed by atoms with Crippen LogP contribution in [0, 0.1) is 6.92 Å². The Balaban J connectivity index is 1.76. The average Bonchev–Trinajstić information content (AvgIpc) is 3.02. The van der Waals surface area contributed by atoms with Crippen molar-refractivity contribution >= 4 is 0 Å². The van der Waals surface area contributed by atoms with E-state index in [2.05, 4.69) is 53.6 Å². The van der Waals surface area contributed by atoms with Crippen LogP contribution in [0.4, 0.5) is 0 Å². The van der Waals surface area contributed by atoms with Crippen LogP contribution in [0.1, 0.15) is 36.2 Å². The molecule has 19 heavy (non-hydrogen) atoms. The molecule has 4 nitrogen and oxygen atoms in total. The van der Waals surface area contributed by atoms with Crippen LogP contribution >= 0.6 is 0 Å². The van der Waals surface area contributed by atoms with Crippen molar-refractivity contribution in [2.75, 3.05) is 13.1 Å². The minimum Gasteiger partial charge on any atom is -0.339 e. The van der Waals surface area contributed by atoms with Crippen LogP contribution in [0.3, 0.4) is 0 Å². The van der Waals surface area contributed by atoms with Crippen molar-refractivity contribution in [3.05, 3.63) is 47.1 Å². The Bertz CT molecular complexity index is 553. The lowest BCUT2D eigenvalue weighted by Crippen LogP contribution is -2.25. The smallest absolute Gasteiger partial charge is 0.233 e. The van der Waals surface area contributed by atoms with E-state index in [1.807, 2.05) is 0 Å². The fourth-order valence-corrected chi connectivity index (χ4v) is 2.46. The number of hydrogen-bond acceptors (Lipinski definition) is 4. The van der Waals surface area contributed by atoms with Crippen LogP contribution < -0.4 is 5.32 Å². The lowest BCUT2D eigenvalue weighted by atomic mass is 9.90. The molecule has 0 amide bonds. The second-order valence-corrected chi connectivity index (χ2v) is 5.67. The number of rotatable bonds is 3. The number of hydrogen-bond donors (Lipinski definition) is 1. The molecule has 100 valence electrons. The van der Waals surface area contributed by atoms with Gasteiger partial charge in [-0.15, -0.1) is 0 Å². The molecule has 0 saturated carbocycles. The zero-order valence-electron chi connectivity index (χ0n) is 11.4. The van der Waals surface area contributed by atoms with Gasteiger partial charge in [0.25, 0.3) is 0 Å². The Morgan fingerprint density at radius 1 is 1.32 bits per heavy atom. The van der Waals surface area contributed by atoms with Crippen molar-refractivity contribution < 1.29 is 4.52 Å². The quantitative estimate of drug-likeness (QED) is 0.916. The third kappa shape index (κ3) is 2.54. The monoisotopic (exact) mass is 257 g/mol. The van der Waals surface area contributed by atoms with Gasteiger partial charge in [0.2, 0.25) is 5.89 Å². The normalized spacial score (nSPS) is 22.8. The maximum absolute atomic E-state index is 5.45. The first-order chi connectivity index (χ1) is 9.16. The number of benzene rings is 1. The van der Waals surface area contributed by atoms with Gasteiger partial charge < -0.3 is 9.84 Å². The maximum Gasteiger partial charge on any atom is 0.233 e. The second kappa shape index (κ2) is 4.78. The summed E-state index contributed by atoms with van der Waals surface area (Å²) in [6.45, 7) is 6.20. The Kier molecular flexibility index (Phi) is 3.11. The van der Waals surface area contributed by atoms with Gasteiger partial charge in [-0.25, -0.2) is 0 Å². The third-order valence-corrected chi connectivity index (χ3v) is 3.84. The van der Waals surface area contributed by atoms with Gasteiger partial charge in [-0.2, -0.15) is 4.98 Å². The van der Waals surface area contributed by atoms with Crippen molar-refractivity contribution in [1.82, 2.24) is 15.5 Å². The van der Waals surface area contributed by atoms with Crippen LogP contribution in [-0.2, 0) is 11.8 Å². The van der Waals surface area contributed by atoms with Gasteiger partial charge in [-0.3, -0.25) is 0 Å². The molecule has 1 unspecified atom stereocenters. The van der Waals surface area contributed by atoms with Crippen LogP contribution in [0.5, 0.6) is 0 Å². The van der Waals surface area contributed by atoms with Gasteiger partial charge in [-0.05, 0) is 32.4 Å². The summed E-state index contributed by atoms with van der Waals surface area (Å²) in [5.74, 6) is 1.53. The van der Waals surface area contributed by atoms with Gasteiger partial charge in [0.1, 0.15) is 0 Å². The maximum atomic E-state index is 5.45. The molecule has 1 N–H and O–H groups in total. The van der Waals surface area contributed by atoms with E-state index >= 15 is 0 Å². The summed E-state index contributed by atoms with van der Waals surface area (Å²) in [4.78, 5) is 4.56. The number of aromatic nitrogens is 2. The first-order valence-corrected chi connectivity index (χ1v) is 6.75. The first-order valence-electron chi connectivity index (χ1n) is 6.75. The molecule has 1 fully saturated rings. The molecule has 2 heterocycles. The fraction of sp³-hybridized carbons (Fsp3) is 0.467. The van der Waals surface area contributed by atoms with Gasteiger partial charge in [0, 0.05) is 13.0 Å². The highest BCUT2D eigenvalue weighted by molar-refractivity contribution is 5.24. The minimum atomic E-state index is -0.00146. The molecule has 1 aliphatic heterocycles. The van der Waals surface area contributed by atoms with E-state index in [-0.39, 0.29) is 5.41 Å². The SMILES string of the molecule is Cc1ccc(Cc2noc(C3(C)CCNC3)n2)cc1. The fourth-order valence-electron chi connectivity index (χ4n) is 2.46. The van der Waals surface area contributed by atoms with Gasteiger partial charge in [-0.1, -0.05) is 35.0 Å². The lowest BCUT2D eigenvalue weighted by Gasteiger charge is -2.15. The summed E-state index contributed by atoms with van der Waals surface area (Å²) in [7, 11) is 0. The van der Waals surface area contributed by atoms with Gasteiger partial charge in [0.15, 0.2) is 5.82 Å². The number of nitrogens with zero attached hydrogens (tertiary/aromatic N) is 2. The largest absolute Gasteiger partial charge is 0.339 e. The van der Waals surface area contributed by atoms with Crippen molar-refractivity contribution in [3.63, 3.8) is 0 Å². The molecule has 1 atom stereocenters. The molecule has 3 rings (SSSR count). The van der Waals surface area contributed by atoms with E-state index in [4.69, 9.17) is 4.52 Å². The third-order valence-electron chi connectivity index (χ3n) is 3.84. The highest BCUT2D eigenvalue weighted by Gasteiger charge is 2.36. The van der Waals surface area contributed by atoms with E-state index in [1.54, 1.807) is 0 Å². The van der Waals surface area contributed by atoms with Crippen molar-refractivity contribution in [3.8, 4) is 0 Å². The molecule has 4 heteroatoms. The highest BCUT2D eigenvalue weighted by atomic mass is 16.5. The standard InChI is InChI=1S/C15H19N3O/c1-11-3-5-12(6-4-11)9-13-17-14(19-18-13)15(2)7-8-16-10-15/h3-6,16H,7-10H2,1-2H3. The summed E-state index contributed by atoms with van der Waals surface area (Å²) < 4.78 is 5.45. The summed E-state index contributed by atoms with van der Waals surface area (Å²) in [5, 5.41) is 7.46. The molecule has 0 aliphatic carbocycles. The van der Waals surface area contributed by atoms with Gasteiger partial charge in [0.05, 0.1) is 5.41 Å². The molecule has 0 bridgehead atoms. The topological polar surface area (TPSA) is 51.0 Å². The van der Waals surface area contributed by atoms with Crippen molar-refractivity contribution in [2.45, 2.75) is 32.1 Å². The molecule has 0 spiro atoms. The Labute approximate surface area is 113 Å². The van der Waals surface area contributed by atoms with Crippen LogP contribution in [-0.4, -0.2) is 23.2 Å². The lowest BCUT2D eigenvalue weighted by molar-refractivity contribution is 0.304. The van der Waals surface area contributed by atoms with E-state index in [9.17, 15) is 0 Å². The molecule has 2 aromatic rings. The van der Waals surface area contributed by atoms with Crippen molar-refractivity contribution in [2.24, 2.45) is 0 Å². The Morgan fingerprint density at radius 2 is 2.11 bits per heavy atom. The number of aryl methyl sites for hydroxylation is 1. The highest BCUT2D eigenvalue weighted by Crippen LogP contribution is 2.28. The molecular weight excluding hydrogens is 238 g/mol. The summed E-state index contributed by atoms with van der Waals surface area (Å²) in [6, 6.07) is 8.45. The Hall–Kier alpha value is -1.68. The Morgan fingerprint density at radius 3 is 2.79 bits per heavy atom. The molecule has 1 aliphatic rings. The van der Waals surface area contributed by atoms with Crippen LogP contribution in [0.15, 0.2) is 28.8 Å². The summed E-state index contributed by atoms with van der Waals surface area (Å²) >= 11 is 0. The summed E-state index contributed by atoms with van der Waals surface area (Å²) in [5.41, 5.74) is 2.48. The average molecular weight is 257 g/mol.